The van der Waals surface area contributed by atoms with E-state index in [1.54, 1.807) is 0 Å². The second-order valence-electron chi connectivity index (χ2n) is 5.06. The molecule has 94 valence electrons. The van der Waals surface area contributed by atoms with Gasteiger partial charge in [-0.05, 0) is 50.8 Å². The highest BCUT2D eigenvalue weighted by Gasteiger charge is 2.30. The molecule has 0 amide bonds. The van der Waals surface area contributed by atoms with Crippen molar-refractivity contribution in [3.05, 3.63) is 30.1 Å². The summed E-state index contributed by atoms with van der Waals surface area (Å²) in [5, 5.41) is 12.8. The van der Waals surface area contributed by atoms with Crippen molar-refractivity contribution >= 4 is 0 Å². The number of nitrogens with one attached hydrogen (secondary N) is 1. The Morgan fingerprint density at radius 3 is 2.88 bits per heavy atom. The maximum absolute atomic E-state index is 9.26. The predicted molar refractivity (Wildman–Crippen MR) is 68.8 cm³/mol. The summed E-state index contributed by atoms with van der Waals surface area (Å²) in [5.74, 6) is 0.811. The maximum atomic E-state index is 9.26. The molecule has 2 N–H and O–H groups in total. The molecule has 1 saturated carbocycles. The molecule has 1 aliphatic rings. The van der Waals surface area contributed by atoms with Crippen LogP contribution in [0.4, 0.5) is 0 Å². The van der Waals surface area contributed by atoms with Gasteiger partial charge in [-0.2, -0.15) is 0 Å². The Labute approximate surface area is 103 Å². The molecular formula is C14H22N2O. The van der Waals surface area contributed by atoms with E-state index in [0.717, 1.165) is 31.0 Å². The lowest BCUT2D eigenvalue weighted by atomic mass is 10.1. The number of hydrogen-bond acceptors (Lipinski definition) is 3. The maximum Gasteiger partial charge on any atom is 0.0524 e. The second-order valence-corrected chi connectivity index (χ2v) is 5.06. The topological polar surface area (TPSA) is 45.1 Å². The van der Waals surface area contributed by atoms with Crippen molar-refractivity contribution in [1.29, 1.82) is 0 Å². The molecule has 2 rings (SSSR count). The van der Waals surface area contributed by atoms with Gasteiger partial charge in [0.05, 0.1) is 6.10 Å². The molecule has 0 bridgehead atoms. The molecule has 3 heteroatoms. The summed E-state index contributed by atoms with van der Waals surface area (Å²) in [6, 6.07) is 6.62. The van der Waals surface area contributed by atoms with E-state index < -0.39 is 0 Å². The van der Waals surface area contributed by atoms with Gasteiger partial charge in [-0.15, -0.1) is 0 Å². The number of hydrogen-bond donors (Lipinski definition) is 2. The van der Waals surface area contributed by atoms with Crippen molar-refractivity contribution in [2.75, 3.05) is 6.54 Å². The van der Waals surface area contributed by atoms with Gasteiger partial charge in [-0.25, -0.2) is 0 Å². The summed E-state index contributed by atoms with van der Waals surface area (Å²) >= 11 is 0. The highest BCUT2D eigenvalue weighted by Crippen LogP contribution is 2.33. The van der Waals surface area contributed by atoms with Crippen LogP contribution < -0.4 is 5.32 Å². The average molecular weight is 234 g/mol. The Bertz CT molecular complexity index is 322. The summed E-state index contributed by atoms with van der Waals surface area (Å²) in [4.78, 5) is 4.38. The molecule has 0 saturated heterocycles. The molecule has 3 nitrogen and oxygen atoms in total. The fourth-order valence-electron chi connectivity index (χ4n) is 2.13. The number of pyridine rings is 1. The minimum atomic E-state index is -0.211. The molecular weight excluding hydrogens is 212 g/mol. The fraction of sp³-hybridized carbons (Fsp3) is 0.643. The molecule has 0 spiro atoms. The van der Waals surface area contributed by atoms with E-state index in [-0.39, 0.29) is 6.10 Å². The van der Waals surface area contributed by atoms with Gasteiger partial charge in [-0.1, -0.05) is 6.07 Å². The fourth-order valence-corrected chi connectivity index (χ4v) is 2.13. The third kappa shape index (κ3) is 4.44. The van der Waals surface area contributed by atoms with Gasteiger partial charge < -0.3 is 10.4 Å². The Morgan fingerprint density at radius 2 is 2.29 bits per heavy atom. The van der Waals surface area contributed by atoms with E-state index in [1.165, 1.54) is 12.8 Å². The van der Waals surface area contributed by atoms with E-state index in [1.807, 2.05) is 25.3 Å². The summed E-state index contributed by atoms with van der Waals surface area (Å²) in [5.41, 5.74) is 1.16. The zero-order chi connectivity index (χ0) is 12.1. The highest BCUT2D eigenvalue weighted by molar-refractivity contribution is 5.07. The van der Waals surface area contributed by atoms with Gasteiger partial charge in [0.15, 0.2) is 0 Å². The van der Waals surface area contributed by atoms with Crippen LogP contribution in [0, 0.1) is 5.92 Å². The Morgan fingerprint density at radius 1 is 1.47 bits per heavy atom. The van der Waals surface area contributed by atoms with Crippen molar-refractivity contribution in [1.82, 2.24) is 10.3 Å². The molecule has 1 fully saturated rings. The lowest BCUT2D eigenvalue weighted by Crippen LogP contribution is -2.35. The molecule has 0 aliphatic heterocycles. The Kier molecular flexibility index (Phi) is 4.51. The minimum absolute atomic E-state index is 0.211. The normalized spacial score (nSPS) is 18.9. The third-order valence-corrected chi connectivity index (χ3v) is 3.31. The van der Waals surface area contributed by atoms with Crippen molar-refractivity contribution in [2.24, 2.45) is 5.92 Å². The van der Waals surface area contributed by atoms with E-state index in [9.17, 15) is 5.11 Å². The quantitative estimate of drug-likeness (QED) is 0.755. The molecule has 1 heterocycles. The standard InChI is InChI=1S/C14H22N2O/c1-11(17)7-9-16-14(12-5-6-12)10-13-4-2-3-8-15-13/h2-4,8,11-12,14,16-17H,5-7,9-10H2,1H3. The van der Waals surface area contributed by atoms with Crippen molar-refractivity contribution in [3.63, 3.8) is 0 Å². The smallest absolute Gasteiger partial charge is 0.0524 e. The number of aromatic nitrogens is 1. The van der Waals surface area contributed by atoms with E-state index in [0.29, 0.717) is 6.04 Å². The molecule has 2 atom stereocenters. The third-order valence-electron chi connectivity index (χ3n) is 3.31. The van der Waals surface area contributed by atoms with Crippen LogP contribution in [0.2, 0.25) is 0 Å². The van der Waals surface area contributed by atoms with Gasteiger partial charge >= 0.3 is 0 Å². The van der Waals surface area contributed by atoms with Crippen LogP contribution in [0.15, 0.2) is 24.4 Å². The van der Waals surface area contributed by atoms with Crippen LogP contribution in [0.1, 0.15) is 31.9 Å². The first-order chi connectivity index (χ1) is 8.25. The molecule has 0 radical (unpaired) electrons. The first-order valence-electron chi connectivity index (χ1n) is 6.57. The monoisotopic (exact) mass is 234 g/mol. The zero-order valence-corrected chi connectivity index (χ0v) is 10.5. The van der Waals surface area contributed by atoms with Gasteiger partial charge in [-0.3, -0.25) is 4.98 Å². The molecule has 1 aromatic heterocycles. The highest BCUT2D eigenvalue weighted by atomic mass is 16.3. The van der Waals surface area contributed by atoms with E-state index >= 15 is 0 Å². The molecule has 0 aromatic carbocycles. The molecule has 1 aliphatic carbocycles. The minimum Gasteiger partial charge on any atom is -0.393 e. The summed E-state index contributed by atoms with van der Waals surface area (Å²) in [6.07, 6.45) is 6.14. The lowest BCUT2D eigenvalue weighted by Gasteiger charge is -2.18. The van der Waals surface area contributed by atoms with Crippen LogP contribution >= 0.6 is 0 Å². The Hall–Kier alpha value is -0.930. The van der Waals surface area contributed by atoms with Crippen LogP contribution in [0.25, 0.3) is 0 Å². The average Bonchev–Trinajstić information content (AvgIpc) is 3.12. The second kappa shape index (κ2) is 6.12. The first kappa shape index (κ1) is 12.5. The Balaban J connectivity index is 1.81. The number of aliphatic hydroxyl groups excluding tert-OH is 1. The SMILES string of the molecule is CC(O)CCNC(Cc1ccccn1)C1CC1. The summed E-state index contributed by atoms with van der Waals surface area (Å²) in [7, 11) is 0. The van der Waals surface area contributed by atoms with Gasteiger partial charge in [0, 0.05) is 24.4 Å². The molecule has 1 aromatic rings. The van der Waals surface area contributed by atoms with Crippen LogP contribution in [-0.4, -0.2) is 28.8 Å². The van der Waals surface area contributed by atoms with E-state index in [4.69, 9.17) is 0 Å². The van der Waals surface area contributed by atoms with Gasteiger partial charge in [0.25, 0.3) is 0 Å². The molecule has 2 unspecified atom stereocenters. The number of aliphatic hydroxyl groups is 1. The first-order valence-corrected chi connectivity index (χ1v) is 6.57. The van der Waals surface area contributed by atoms with E-state index in [2.05, 4.69) is 16.4 Å². The zero-order valence-electron chi connectivity index (χ0n) is 10.5. The van der Waals surface area contributed by atoms with Crippen molar-refractivity contribution in [3.8, 4) is 0 Å². The predicted octanol–water partition coefficient (Wildman–Crippen LogP) is 1.76. The number of rotatable bonds is 7. The van der Waals surface area contributed by atoms with Crippen molar-refractivity contribution in [2.45, 2.75) is 44.8 Å². The number of nitrogens with zero attached hydrogens (tertiary/aromatic N) is 1. The van der Waals surface area contributed by atoms with Crippen molar-refractivity contribution < 1.29 is 5.11 Å². The van der Waals surface area contributed by atoms with Crippen LogP contribution in [0.5, 0.6) is 0 Å². The largest absolute Gasteiger partial charge is 0.393 e. The van der Waals surface area contributed by atoms with Crippen LogP contribution in [-0.2, 0) is 6.42 Å². The van der Waals surface area contributed by atoms with Gasteiger partial charge in [0.1, 0.15) is 0 Å². The van der Waals surface area contributed by atoms with Gasteiger partial charge in [0.2, 0.25) is 0 Å². The summed E-state index contributed by atoms with van der Waals surface area (Å²) in [6.45, 7) is 2.73. The summed E-state index contributed by atoms with van der Waals surface area (Å²) < 4.78 is 0. The lowest BCUT2D eigenvalue weighted by molar-refractivity contribution is 0.181. The molecule has 17 heavy (non-hydrogen) atoms. The van der Waals surface area contributed by atoms with Crippen LogP contribution in [0.3, 0.4) is 0 Å².